The lowest BCUT2D eigenvalue weighted by Gasteiger charge is -2.21. The summed E-state index contributed by atoms with van der Waals surface area (Å²) in [4.78, 5) is 15.0. The van der Waals surface area contributed by atoms with Gasteiger partial charge in [-0.25, -0.2) is 4.39 Å². The van der Waals surface area contributed by atoms with Gasteiger partial charge in [-0.2, -0.15) is 5.26 Å². The van der Waals surface area contributed by atoms with E-state index < -0.39 is 12.6 Å². The number of nitriles is 1. The molecule has 0 aliphatic heterocycles. The molecule has 1 aromatic carbocycles. The van der Waals surface area contributed by atoms with Crippen LogP contribution in [0.3, 0.4) is 0 Å². The number of benzene rings is 1. The first-order valence-corrected chi connectivity index (χ1v) is 10.2. The molecule has 0 unspecified atom stereocenters. The van der Waals surface area contributed by atoms with Crippen molar-refractivity contribution in [3.05, 3.63) is 38.7 Å². The summed E-state index contributed by atoms with van der Waals surface area (Å²) in [6, 6.07) is 7.09. The second-order valence-corrected chi connectivity index (χ2v) is 7.58. The molecule has 0 saturated heterocycles. The maximum atomic E-state index is 12.7. The van der Waals surface area contributed by atoms with Crippen LogP contribution in [0.25, 0.3) is 11.1 Å². The number of alkyl halides is 1. The quantitative estimate of drug-likeness (QED) is 0.606. The molecule has 1 aromatic heterocycles. The van der Waals surface area contributed by atoms with E-state index in [0.717, 1.165) is 0 Å². The standard InChI is InChI=1S/C19H20Cl2FN3O2S/c1-3-25(8-9-27-2)19-14(11-23)16(13-5-4-12(20)10-15(13)21)17(28-19)18(26)24-7-6-22/h4-5,10H,3,6-9H2,1-2H3,(H,24,26). The summed E-state index contributed by atoms with van der Waals surface area (Å²) in [6.45, 7) is 2.81. The molecule has 0 spiro atoms. The van der Waals surface area contributed by atoms with Gasteiger partial charge in [-0.15, -0.1) is 11.3 Å². The topological polar surface area (TPSA) is 65.4 Å². The average molecular weight is 444 g/mol. The minimum Gasteiger partial charge on any atom is -0.383 e. The first-order valence-electron chi connectivity index (χ1n) is 8.58. The van der Waals surface area contributed by atoms with Crippen LogP contribution in [0, 0.1) is 11.3 Å². The largest absolute Gasteiger partial charge is 0.383 e. The number of anilines is 1. The van der Waals surface area contributed by atoms with Crippen molar-refractivity contribution >= 4 is 45.4 Å². The van der Waals surface area contributed by atoms with E-state index in [9.17, 15) is 14.4 Å². The van der Waals surface area contributed by atoms with Gasteiger partial charge in [0.05, 0.1) is 12.2 Å². The number of methoxy groups -OCH3 is 1. The summed E-state index contributed by atoms with van der Waals surface area (Å²) in [5.41, 5.74) is 1.30. The van der Waals surface area contributed by atoms with Gasteiger partial charge in [-0.3, -0.25) is 4.79 Å². The number of rotatable bonds is 9. The third-order valence-corrected chi connectivity index (χ3v) is 5.82. The molecule has 0 radical (unpaired) electrons. The fourth-order valence-corrected chi connectivity index (χ4v) is 4.48. The number of hydrogen-bond donors (Lipinski definition) is 1. The van der Waals surface area contributed by atoms with Crippen LogP contribution in [-0.2, 0) is 4.74 Å². The third kappa shape index (κ3) is 4.95. The lowest BCUT2D eigenvalue weighted by atomic mass is 10.0. The van der Waals surface area contributed by atoms with Crippen LogP contribution in [0.5, 0.6) is 0 Å². The summed E-state index contributed by atoms with van der Waals surface area (Å²) >= 11 is 13.5. The number of nitrogens with one attached hydrogen (secondary N) is 1. The highest BCUT2D eigenvalue weighted by Gasteiger charge is 2.27. The Kier molecular flexibility index (Phi) is 8.52. The predicted molar refractivity (Wildman–Crippen MR) is 113 cm³/mol. The van der Waals surface area contributed by atoms with Crippen LogP contribution in [0.15, 0.2) is 18.2 Å². The van der Waals surface area contributed by atoms with Crippen molar-refractivity contribution in [3.8, 4) is 17.2 Å². The fraction of sp³-hybridized carbons (Fsp3) is 0.368. The monoisotopic (exact) mass is 443 g/mol. The van der Waals surface area contributed by atoms with E-state index in [1.165, 1.54) is 11.3 Å². The van der Waals surface area contributed by atoms with Gasteiger partial charge < -0.3 is 15.0 Å². The van der Waals surface area contributed by atoms with Crippen molar-refractivity contribution in [1.29, 1.82) is 5.26 Å². The highest BCUT2D eigenvalue weighted by atomic mass is 35.5. The van der Waals surface area contributed by atoms with Gasteiger partial charge in [0.1, 0.15) is 22.6 Å². The van der Waals surface area contributed by atoms with E-state index in [1.807, 2.05) is 11.8 Å². The first kappa shape index (κ1) is 22.4. The van der Waals surface area contributed by atoms with E-state index in [1.54, 1.807) is 25.3 Å². The zero-order valence-electron chi connectivity index (χ0n) is 15.5. The molecule has 0 atom stereocenters. The molecule has 0 aliphatic rings. The summed E-state index contributed by atoms with van der Waals surface area (Å²) < 4.78 is 17.7. The molecule has 1 amide bonds. The normalized spacial score (nSPS) is 10.6. The van der Waals surface area contributed by atoms with Crippen LogP contribution in [0.1, 0.15) is 22.2 Å². The van der Waals surface area contributed by atoms with Crippen LogP contribution >= 0.6 is 34.5 Å². The molecule has 0 bridgehead atoms. The van der Waals surface area contributed by atoms with Gasteiger partial charge >= 0.3 is 0 Å². The van der Waals surface area contributed by atoms with Gasteiger partial charge in [-0.1, -0.05) is 29.3 Å². The lowest BCUT2D eigenvalue weighted by molar-refractivity contribution is 0.0955. The van der Waals surface area contributed by atoms with E-state index in [2.05, 4.69) is 11.4 Å². The molecule has 9 heteroatoms. The second kappa shape index (κ2) is 10.6. The smallest absolute Gasteiger partial charge is 0.262 e. The summed E-state index contributed by atoms with van der Waals surface area (Å²) in [5.74, 6) is -0.450. The van der Waals surface area contributed by atoms with Crippen molar-refractivity contribution < 1.29 is 13.9 Å². The predicted octanol–water partition coefficient (Wildman–Crippen LogP) is 4.77. The molecule has 0 aliphatic carbocycles. The van der Waals surface area contributed by atoms with E-state index in [-0.39, 0.29) is 6.54 Å². The highest BCUT2D eigenvalue weighted by Crippen LogP contribution is 2.44. The summed E-state index contributed by atoms with van der Waals surface area (Å²) in [6.07, 6.45) is 0. The lowest BCUT2D eigenvalue weighted by Crippen LogP contribution is -2.26. The summed E-state index contributed by atoms with van der Waals surface area (Å²) in [5, 5.41) is 13.8. The Morgan fingerprint density at radius 2 is 2.18 bits per heavy atom. The molecule has 28 heavy (non-hydrogen) atoms. The Hall–Kier alpha value is -1.85. The first-order chi connectivity index (χ1) is 13.5. The Morgan fingerprint density at radius 3 is 2.75 bits per heavy atom. The maximum absolute atomic E-state index is 12.7. The SMILES string of the molecule is CCN(CCOC)c1sc(C(=O)NCCF)c(-c2ccc(Cl)cc2Cl)c1C#N. The van der Waals surface area contributed by atoms with Crippen molar-refractivity contribution in [2.45, 2.75) is 6.92 Å². The summed E-state index contributed by atoms with van der Waals surface area (Å²) in [7, 11) is 1.60. The van der Waals surface area contributed by atoms with Crippen LogP contribution in [-0.4, -0.2) is 45.9 Å². The van der Waals surface area contributed by atoms with Gasteiger partial charge in [0, 0.05) is 47.9 Å². The van der Waals surface area contributed by atoms with E-state index in [4.69, 9.17) is 27.9 Å². The zero-order chi connectivity index (χ0) is 20.7. The molecule has 2 rings (SSSR count). The number of hydrogen-bond acceptors (Lipinski definition) is 5. The number of likely N-dealkylation sites (N-methyl/N-ethyl adjacent to an activating group) is 1. The highest BCUT2D eigenvalue weighted by molar-refractivity contribution is 7.19. The maximum Gasteiger partial charge on any atom is 0.262 e. The number of thiophene rings is 1. The molecule has 0 fully saturated rings. The fourth-order valence-electron chi connectivity index (χ4n) is 2.70. The van der Waals surface area contributed by atoms with Gasteiger partial charge in [0.15, 0.2) is 0 Å². The number of carbonyl (C=O) groups is 1. The van der Waals surface area contributed by atoms with Crippen molar-refractivity contribution in [2.24, 2.45) is 0 Å². The third-order valence-electron chi connectivity index (χ3n) is 4.02. The van der Waals surface area contributed by atoms with Gasteiger partial charge in [0.2, 0.25) is 0 Å². The van der Waals surface area contributed by atoms with Crippen molar-refractivity contribution in [3.63, 3.8) is 0 Å². The number of ether oxygens (including phenoxy) is 1. The minimum atomic E-state index is -0.680. The molecular weight excluding hydrogens is 424 g/mol. The van der Waals surface area contributed by atoms with E-state index >= 15 is 0 Å². The zero-order valence-corrected chi connectivity index (χ0v) is 17.8. The van der Waals surface area contributed by atoms with Gasteiger partial charge in [0.25, 0.3) is 5.91 Å². The van der Waals surface area contributed by atoms with Crippen molar-refractivity contribution in [2.75, 3.05) is 44.9 Å². The van der Waals surface area contributed by atoms with Crippen LogP contribution in [0.4, 0.5) is 9.39 Å². The average Bonchev–Trinajstić information content (AvgIpc) is 3.06. The number of nitrogens with zero attached hydrogens (tertiary/aromatic N) is 2. The molecule has 5 nitrogen and oxygen atoms in total. The number of carbonyl (C=O) groups excluding carboxylic acids is 1. The molecular formula is C19H20Cl2FN3O2S. The molecule has 0 saturated carbocycles. The number of amides is 1. The Bertz CT molecular complexity index is 883. The van der Waals surface area contributed by atoms with Crippen LogP contribution in [0.2, 0.25) is 10.0 Å². The Labute approximate surface area is 177 Å². The molecule has 1 heterocycles. The molecule has 2 aromatic rings. The van der Waals surface area contributed by atoms with Crippen LogP contribution < -0.4 is 10.2 Å². The van der Waals surface area contributed by atoms with Crippen molar-refractivity contribution in [1.82, 2.24) is 5.32 Å². The second-order valence-electron chi connectivity index (χ2n) is 5.74. The van der Waals surface area contributed by atoms with E-state index in [0.29, 0.717) is 56.3 Å². The molecule has 1 N–H and O–H groups in total. The van der Waals surface area contributed by atoms with Gasteiger partial charge in [-0.05, 0) is 19.1 Å². The Morgan fingerprint density at radius 1 is 1.43 bits per heavy atom. The minimum absolute atomic E-state index is 0.108. The Balaban J connectivity index is 2.68. The molecule has 150 valence electrons. The number of halogens is 3.